The van der Waals surface area contributed by atoms with Crippen LogP contribution in [0.1, 0.15) is 32.0 Å². The first-order chi connectivity index (χ1) is 8.13. The van der Waals surface area contributed by atoms with Crippen molar-refractivity contribution in [2.24, 2.45) is 5.92 Å². The zero-order valence-corrected chi connectivity index (χ0v) is 11.3. The van der Waals surface area contributed by atoms with E-state index in [0.717, 1.165) is 13.0 Å². The highest BCUT2D eigenvalue weighted by Crippen LogP contribution is 2.20. The van der Waals surface area contributed by atoms with Gasteiger partial charge in [-0.15, -0.1) is 0 Å². The van der Waals surface area contributed by atoms with Crippen molar-refractivity contribution in [2.75, 3.05) is 0 Å². The van der Waals surface area contributed by atoms with Crippen LogP contribution in [-0.4, -0.2) is 0 Å². The highest BCUT2D eigenvalue weighted by atomic mass is 15.0. The van der Waals surface area contributed by atoms with E-state index in [1.54, 1.807) is 0 Å². The summed E-state index contributed by atoms with van der Waals surface area (Å²) in [5.74, 6) is 0.686. The van der Waals surface area contributed by atoms with E-state index < -0.39 is 0 Å². The molecule has 0 saturated heterocycles. The Balaban J connectivity index is 2.68. The van der Waals surface area contributed by atoms with Crippen molar-refractivity contribution < 1.29 is 4.57 Å². The van der Waals surface area contributed by atoms with Crippen molar-refractivity contribution in [3.8, 4) is 0 Å². The molecule has 0 unspecified atom stereocenters. The normalized spacial score (nSPS) is 11.4. The van der Waals surface area contributed by atoms with Gasteiger partial charge in [0, 0.05) is 23.3 Å². The van der Waals surface area contributed by atoms with Crippen molar-refractivity contribution in [3.63, 3.8) is 0 Å². The third-order valence-corrected chi connectivity index (χ3v) is 3.26. The van der Waals surface area contributed by atoms with Gasteiger partial charge in [-0.2, -0.15) is 0 Å². The number of aromatic nitrogens is 1. The molecular weight excluding hydrogens is 206 g/mol. The second-order valence-electron chi connectivity index (χ2n) is 5.20. The summed E-state index contributed by atoms with van der Waals surface area (Å²) in [6, 6.07) is 8.74. The molecule has 2 aromatic rings. The minimum absolute atomic E-state index is 0.686. The smallest absolute Gasteiger partial charge is 0.188 e. The van der Waals surface area contributed by atoms with Crippen LogP contribution in [0.25, 0.3) is 10.8 Å². The predicted octanol–water partition coefficient (Wildman–Crippen LogP) is 3.65. The molecule has 0 bridgehead atoms. The van der Waals surface area contributed by atoms with Crippen LogP contribution in [-0.2, 0) is 13.0 Å². The second kappa shape index (κ2) is 4.87. The van der Waals surface area contributed by atoms with E-state index in [-0.39, 0.29) is 0 Å². The van der Waals surface area contributed by atoms with E-state index in [1.807, 2.05) is 0 Å². The molecule has 0 fully saturated rings. The lowest BCUT2D eigenvalue weighted by molar-refractivity contribution is -0.708. The Bertz CT molecular complexity index is 526. The fourth-order valence-corrected chi connectivity index (χ4v) is 2.56. The first-order valence-electron chi connectivity index (χ1n) is 6.54. The van der Waals surface area contributed by atoms with Crippen LogP contribution in [0.2, 0.25) is 0 Å². The average molecular weight is 228 g/mol. The molecular formula is C16H22N+. The Morgan fingerprint density at radius 1 is 1.12 bits per heavy atom. The molecule has 1 nitrogen and oxygen atoms in total. The van der Waals surface area contributed by atoms with Gasteiger partial charge in [-0.1, -0.05) is 39.0 Å². The number of pyridine rings is 1. The average Bonchev–Trinajstić information content (AvgIpc) is 2.29. The number of hydrogen-bond donors (Lipinski definition) is 0. The summed E-state index contributed by atoms with van der Waals surface area (Å²) in [4.78, 5) is 0. The van der Waals surface area contributed by atoms with Crippen LogP contribution < -0.4 is 4.57 Å². The fraction of sp³-hybridized carbons (Fsp3) is 0.438. The molecule has 2 rings (SSSR count). The Hall–Kier alpha value is -1.37. The van der Waals surface area contributed by atoms with E-state index in [9.17, 15) is 0 Å². The van der Waals surface area contributed by atoms with Gasteiger partial charge in [0.2, 0.25) is 0 Å². The van der Waals surface area contributed by atoms with Gasteiger partial charge in [0.15, 0.2) is 18.4 Å². The van der Waals surface area contributed by atoms with Crippen molar-refractivity contribution in [3.05, 3.63) is 41.7 Å². The maximum atomic E-state index is 2.43. The van der Waals surface area contributed by atoms with E-state index in [4.69, 9.17) is 0 Å². The quantitative estimate of drug-likeness (QED) is 0.706. The van der Waals surface area contributed by atoms with Crippen LogP contribution >= 0.6 is 0 Å². The number of fused-ring (bicyclic) bond motifs is 1. The minimum Gasteiger partial charge on any atom is -0.201 e. The summed E-state index contributed by atoms with van der Waals surface area (Å²) in [6.45, 7) is 10.1. The zero-order chi connectivity index (χ0) is 12.4. The lowest BCUT2D eigenvalue weighted by Gasteiger charge is -2.10. The van der Waals surface area contributed by atoms with E-state index in [0.29, 0.717) is 5.92 Å². The van der Waals surface area contributed by atoms with Crippen LogP contribution in [0.4, 0.5) is 0 Å². The Kier molecular flexibility index (Phi) is 3.46. The fourth-order valence-electron chi connectivity index (χ4n) is 2.56. The summed E-state index contributed by atoms with van der Waals surface area (Å²) in [6.07, 6.45) is 3.40. The summed E-state index contributed by atoms with van der Waals surface area (Å²) in [5.41, 5.74) is 2.83. The molecule has 0 aliphatic carbocycles. The highest BCUT2D eigenvalue weighted by molar-refractivity contribution is 5.86. The molecule has 1 aromatic carbocycles. The van der Waals surface area contributed by atoms with Gasteiger partial charge in [0.05, 0.1) is 0 Å². The molecule has 0 spiro atoms. The zero-order valence-electron chi connectivity index (χ0n) is 11.3. The largest absolute Gasteiger partial charge is 0.201 e. The van der Waals surface area contributed by atoms with E-state index >= 15 is 0 Å². The Morgan fingerprint density at radius 3 is 2.35 bits per heavy atom. The number of nitrogens with zero attached hydrogens (tertiary/aromatic N) is 1. The van der Waals surface area contributed by atoms with Crippen molar-refractivity contribution in [2.45, 2.75) is 40.7 Å². The summed E-state index contributed by atoms with van der Waals surface area (Å²) >= 11 is 0. The first kappa shape index (κ1) is 12.1. The molecule has 0 saturated carbocycles. The second-order valence-corrected chi connectivity index (χ2v) is 5.20. The van der Waals surface area contributed by atoms with Gasteiger partial charge in [-0.25, -0.2) is 4.57 Å². The number of aryl methyl sites for hydroxylation is 2. The molecule has 1 heteroatoms. The molecule has 0 aliphatic rings. The lowest BCUT2D eigenvalue weighted by Crippen LogP contribution is -2.40. The Morgan fingerprint density at radius 2 is 1.76 bits per heavy atom. The lowest BCUT2D eigenvalue weighted by atomic mass is 10.0. The van der Waals surface area contributed by atoms with Crippen LogP contribution in [0.3, 0.4) is 0 Å². The third-order valence-electron chi connectivity index (χ3n) is 3.26. The summed E-state index contributed by atoms with van der Waals surface area (Å²) in [7, 11) is 0. The van der Waals surface area contributed by atoms with Crippen molar-refractivity contribution in [1.29, 1.82) is 0 Å². The van der Waals surface area contributed by atoms with Gasteiger partial charge in [-0.3, -0.25) is 0 Å². The highest BCUT2D eigenvalue weighted by Gasteiger charge is 2.16. The Labute approximate surface area is 104 Å². The van der Waals surface area contributed by atoms with Gasteiger partial charge in [0.25, 0.3) is 0 Å². The van der Waals surface area contributed by atoms with Gasteiger partial charge in [0.1, 0.15) is 0 Å². The van der Waals surface area contributed by atoms with E-state index in [1.165, 1.54) is 22.0 Å². The maximum absolute atomic E-state index is 2.43. The SMILES string of the molecule is CCc1c2ccccc2c(C)c[n+]1CC(C)C. The summed E-state index contributed by atoms with van der Waals surface area (Å²) in [5, 5.41) is 2.81. The predicted molar refractivity (Wildman–Crippen MR) is 73.1 cm³/mol. The van der Waals surface area contributed by atoms with Gasteiger partial charge in [-0.05, 0) is 18.4 Å². The van der Waals surface area contributed by atoms with Crippen molar-refractivity contribution >= 4 is 10.8 Å². The first-order valence-corrected chi connectivity index (χ1v) is 6.54. The standard InChI is InChI=1S/C16H22N/c1-5-16-15-9-7-6-8-14(15)13(4)11-17(16)10-12(2)3/h6-9,11-12H,5,10H2,1-4H3/q+1. The molecule has 1 aromatic heterocycles. The van der Waals surface area contributed by atoms with Crippen LogP contribution in [0, 0.1) is 12.8 Å². The topological polar surface area (TPSA) is 3.88 Å². The van der Waals surface area contributed by atoms with Gasteiger partial charge >= 0.3 is 0 Å². The molecule has 0 amide bonds. The molecule has 17 heavy (non-hydrogen) atoms. The molecule has 90 valence electrons. The molecule has 0 atom stereocenters. The number of benzene rings is 1. The van der Waals surface area contributed by atoms with E-state index in [2.05, 4.69) is 62.7 Å². The summed E-state index contributed by atoms with van der Waals surface area (Å²) < 4.78 is 2.43. The van der Waals surface area contributed by atoms with Gasteiger partial charge < -0.3 is 0 Å². The molecule has 1 heterocycles. The van der Waals surface area contributed by atoms with Crippen LogP contribution in [0.5, 0.6) is 0 Å². The minimum atomic E-state index is 0.686. The monoisotopic (exact) mass is 228 g/mol. The molecule has 0 N–H and O–H groups in total. The maximum Gasteiger partial charge on any atom is 0.188 e. The van der Waals surface area contributed by atoms with Crippen molar-refractivity contribution in [1.82, 2.24) is 0 Å². The molecule has 0 aliphatic heterocycles. The number of hydrogen-bond acceptors (Lipinski definition) is 0. The molecule has 0 radical (unpaired) electrons. The third kappa shape index (κ3) is 2.33. The van der Waals surface area contributed by atoms with Crippen LogP contribution in [0.15, 0.2) is 30.5 Å². The number of rotatable bonds is 3.